The molecule has 0 spiro atoms. The Morgan fingerprint density at radius 1 is 1.36 bits per heavy atom. The van der Waals surface area contributed by atoms with E-state index in [2.05, 4.69) is 12.2 Å². The molecule has 1 saturated heterocycles. The van der Waals surface area contributed by atoms with Crippen molar-refractivity contribution in [3.63, 3.8) is 0 Å². The summed E-state index contributed by atoms with van der Waals surface area (Å²) in [5.74, 6) is 1.34. The Kier molecular flexibility index (Phi) is 2.75. The first-order chi connectivity index (χ1) is 6.81. The highest BCUT2D eigenvalue weighted by atomic mass is 16.6. The molecule has 0 aromatic rings. The van der Waals surface area contributed by atoms with Crippen LogP contribution in [-0.4, -0.2) is 30.7 Å². The van der Waals surface area contributed by atoms with E-state index < -0.39 is 0 Å². The van der Waals surface area contributed by atoms with Gasteiger partial charge in [-0.1, -0.05) is 12.2 Å². The van der Waals surface area contributed by atoms with Gasteiger partial charge < -0.3 is 9.64 Å². The number of carbonyl (C=O) groups excluding carboxylic acids is 1. The van der Waals surface area contributed by atoms with E-state index in [0.29, 0.717) is 18.4 Å². The maximum Gasteiger partial charge on any atom is 0.409 e. The summed E-state index contributed by atoms with van der Waals surface area (Å²) in [7, 11) is 0. The second kappa shape index (κ2) is 4.03. The Balaban J connectivity index is 1.91. The van der Waals surface area contributed by atoms with Crippen LogP contribution < -0.4 is 0 Å². The quantitative estimate of drug-likeness (QED) is 0.599. The Labute approximate surface area is 84.7 Å². The zero-order valence-corrected chi connectivity index (χ0v) is 8.61. The van der Waals surface area contributed by atoms with Gasteiger partial charge in [-0.2, -0.15) is 0 Å². The number of rotatable bonds is 1. The number of allylic oxidation sites excluding steroid dienone is 2. The van der Waals surface area contributed by atoms with E-state index in [9.17, 15) is 4.79 Å². The van der Waals surface area contributed by atoms with Gasteiger partial charge in [-0.25, -0.2) is 4.79 Å². The van der Waals surface area contributed by atoms with E-state index in [4.69, 9.17) is 4.74 Å². The standard InChI is InChI=1S/C11H17NO2/c1-2-14-11(13)12-7-9-5-3-4-6-10(9)8-12/h3-4,9-10H,2,5-8H2,1H3. The van der Waals surface area contributed by atoms with Gasteiger partial charge in [-0.3, -0.25) is 0 Å². The SMILES string of the molecule is CCOC(=O)N1CC2CC=CCC2C1. The second-order valence-corrected chi connectivity index (χ2v) is 4.07. The van der Waals surface area contributed by atoms with Crippen LogP contribution >= 0.6 is 0 Å². The van der Waals surface area contributed by atoms with E-state index in [0.717, 1.165) is 25.9 Å². The Bertz CT molecular complexity index is 234. The van der Waals surface area contributed by atoms with E-state index in [1.54, 1.807) is 0 Å². The second-order valence-electron chi connectivity index (χ2n) is 4.07. The third kappa shape index (κ3) is 1.76. The fraction of sp³-hybridized carbons (Fsp3) is 0.727. The van der Waals surface area contributed by atoms with Crippen LogP contribution in [0.25, 0.3) is 0 Å². The Morgan fingerprint density at radius 2 is 1.93 bits per heavy atom. The number of nitrogens with zero attached hydrogens (tertiary/aromatic N) is 1. The molecular formula is C11H17NO2. The highest BCUT2D eigenvalue weighted by Crippen LogP contribution is 2.32. The smallest absolute Gasteiger partial charge is 0.409 e. The van der Waals surface area contributed by atoms with Crippen LogP contribution in [-0.2, 0) is 4.74 Å². The molecule has 0 N–H and O–H groups in total. The van der Waals surface area contributed by atoms with Crippen molar-refractivity contribution < 1.29 is 9.53 Å². The molecule has 1 aliphatic carbocycles. The van der Waals surface area contributed by atoms with Gasteiger partial charge in [-0.15, -0.1) is 0 Å². The third-order valence-electron chi connectivity index (χ3n) is 3.15. The van der Waals surface area contributed by atoms with Gasteiger partial charge in [-0.05, 0) is 31.6 Å². The lowest BCUT2D eigenvalue weighted by Crippen LogP contribution is -2.29. The molecule has 3 heteroatoms. The molecule has 0 bridgehead atoms. The molecule has 1 heterocycles. The molecule has 1 fully saturated rings. The number of likely N-dealkylation sites (tertiary alicyclic amines) is 1. The van der Waals surface area contributed by atoms with E-state index in [1.807, 2.05) is 11.8 Å². The summed E-state index contributed by atoms with van der Waals surface area (Å²) in [5.41, 5.74) is 0. The predicted octanol–water partition coefficient (Wildman–Crippen LogP) is 2.04. The largest absolute Gasteiger partial charge is 0.450 e. The van der Waals surface area contributed by atoms with Gasteiger partial charge in [0.25, 0.3) is 0 Å². The lowest BCUT2D eigenvalue weighted by molar-refractivity contribution is 0.114. The maximum atomic E-state index is 11.5. The van der Waals surface area contributed by atoms with Crippen molar-refractivity contribution in [2.24, 2.45) is 11.8 Å². The fourth-order valence-corrected chi connectivity index (χ4v) is 2.38. The molecule has 2 aliphatic rings. The average Bonchev–Trinajstić information content (AvgIpc) is 2.61. The molecule has 1 aliphatic heterocycles. The zero-order chi connectivity index (χ0) is 9.97. The van der Waals surface area contributed by atoms with Gasteiger partial charge >= 0.3 is 6.09 Å². The van der Waals surface area contributed by atoms with Gasteiger partial charge in [0.15, 0.2) is 0 Å². The van der Waals surface area contributed by atoms with E-state index >= 15 is 0 Å². The van der Waals surface area contributed by atoms with E-state index in [1.165, 1.54) is 0 Å². The van der Waals surface area contributed by atoms with Crippen LogP contribution in [0.1, 0.15) is 19.8 Å². The van der Waals surface area contributed by atoms with Crippen LogP contribution in [0.3, 0.4) is 0 Å². The molecule has 3 nitrogen and oxygen atoms in total. The van der Waals surface area contributed by atoms with Gasteiger partial charge in [0.2, 0.25) is 0 Å². The Morgan fingerprint density at radius 3 is 2.43 bits per heavy atom. The van der Waals surface area contributed by atoms with Crippen LogP contribution in [0.5, 0.6) is 0 Å². The van der Waals surface area contributed by atoms with Crippen molar-refractivity contribution in [3.8, 4) is 0 Å². The van der Waals surface area contributed by atoms with Crippen molar-refractivity contribution >= 4 is 6.09 Å². The summed E-state index contributed by atoms with van der Waals surface area (Å²) >= 11 is 0. The normalized spacial score (nSPS) is 30.2. The molecule has 2 atom stereocenters. The number of amides is 1. The highest BCUT2D eigenvalue weighted by Gasteiger charge is 2.35. The maximum absolute atomic E-state index is 11.5. The number of ether oxygens (including phenoxy) is 1. The van der Waals surface area contributed by atoms with Crippen LogP contribution in [0.15, 0.2) is 12.2 Å². The van der Waals surface area contributed by atoms with Crippen LogP contribution in [0.4, 0.5) is 4.79 Å². The molecular weight excluding hydrogens is 178 g/mol. The first kappa shape index (κ1) is 9.56. The first-order valence-corrected chi connectivity index (χ1v) is 5.38. The van der Waals surface area contributed by atoms with Crippen LogP contribution in [0, 0.1) is 11.8 Å². The molecule has 1 amide bonds. The molecule has 0 aromatic carbocycles. The summed E-state index contributed by atoms with van der Waals surface area (Å²) < 4.78 is 5.00. The van der Waals surface area contributed by atoms with Crippen molar-refractivity contribution in [2.75, 3.05) is 19.7 Å². The van der Waals surface area contributed by atoms with E-state index in [-0.39, 0.29) is 6.09 Å². The molecule has 78 valence electrons. The summed E-state index contributed by atoms with van der Waals surface area (Å²) in [4.78, 5) is 13.3. The molecule has 2 rings (SSSR count). The minimum Gasteiger partial charge on any atom is -0.450 e. The predicted molar refractivity (Wildman–Crippen MR) is 53.9 cm³/mol. The van der Waals surface area contributed by atoms with Gasteiger partial charge in [0, 0.05) is 13.1 Å². The van der Waals surface area contributed by atoms with Crippen LogP contribution in [0.2, 0.25) is 0 Å². The van der Waals surface area contributed by atoms with Gasteiger partial charge in [0.1, 0.15) is 0 Å². The van der Waals surface area contributed by atoms with Crippen molar-refractivity contribution in [1.29, 1.82) is 0 Å². The van der Waals surface area contributed by atoms with Crippen molar-refractivity contribution in [3.05, 3.63) is 12.2 Å². The van der Waals surface area contributed by atoms with Crippen molar-refractivity contribution in [2.45, 2.75) is 19.8 Å². The lowest BCUT2D eigenvalue weighted by Gasteiger charge is -2.17. The fourth-order valence-electron chi connectivity index (χ4n) is 2.38. The van der Waals surface area contributed by atoms with Gasteiger partial charge in [0.05, 0.1) is 6.61 Å². The number of hydrogen-bond donors (Lipinski definition) is 0. The Hall–Kier alpha value is -0.990. The summed E-state index contributed by atoms with van der Waals surface area (Å²) in [5, 5.41) is 0. The van der Waals surface area contributed by atoms with Crippen molar-refractivity contribution in [1.82, 2.24) is 4.90 Å². The minimum atomic E-state index is -0.137. The summed E-state index contributed by atoms with van der Waals surface area (Å²) in [6, 6.07) is 0. The number of fused-ring (bicyclic) bond motifs is 1. The molecule has 14 heavy (non-hydrogen) atoms. The monoisotopic (exact) mass is 195 g/mol. The molecule has 2 unspecified atom stereocenters. The first-order valence-electron chi connectivity index (χ1n) is 5.38. The average molecular weight is 195 g/mol. The summed E-state index contributed by atoms with van der Waals surface area (Å²) in [6.07, 6.45) is 6.58. The minimum absolute atomic E-state index is 0.137. The molecule has 0 radical (unpaired) electrons. The zero-order valence-electron chi connectivity index (χ0n) is 8.61. The topological polar surface area (TPSA) is 29.5 Å². The lowest BCUT2D eigenvalue weighted by atomic mass is 9.86. The number of hydrogen-bond acceptors (Lipinski definition) is 2. The molecule has 0 saturated carbocycles. The number of carbonyl (C=O) groups is 1. The third-order valence-corrected chi connectivity index (χ3v) is 3.15. The summed E-state index contributed by atoms with van der Waals surface area (Å²) in [6.45, 7) is 4.09. The molecule has 0 aromatic heterocycles. The highest BCUT2D eigenvalue weighted by molar-refractivity contribution is 5.68.